The van der Waals surface area contributed by atoms with Crippen molar-refractivity contribution in [1.82, 2.24) is 10.1 Å². The van der Waals surface area contributed by atoms with Crippen molar-refractivity contribution in [1.29, 1.82) is 0 Å². The molecule has 5 nitrogen and oxygen atoms in total. The van der Waals surface area contributed by atoms with Gasteiger partial charge < -0.3 is 9.84 Å². The average Bonchev–Trinajstić information content (AvgIpc) is 3.05. The molecule has 1 amide bonds. The van der Waals surface area contributed by atoms with Crippen LogP contribution < -0.4 is 5.32 Å². The molecule has 0 fully saturated rings. The minimum atomic E-state index is -0.0685. The molecular weight excluding hydrogens is 346 g/mol. The van der Waals surface area contributed by atoms with Crippen LogP contribution >= 0.6 is 23.4 Å². The first kappa shape index (κ1) is 16.5. The predicted octanol–water partition coefficient (Wildman–Crippen LogP) is 4.26. The number of halogens is 1. The van der Waals surface area contributed by atoms with E-state index in [0.717, 1.165) is 5.69 Å². The van der Waals surface area contributed by atoms with Gasteiger partial charge in [0.25, 0.3) is 5.89 Å². The predicted molar refractivity (Wildman–Crippen MR) is 96.0 cm³/mol. The van der Waals surface area contributed by atoms with Crippen molar-refractivity contribution < 1.29 is 9.32 Å². The maximum Gasteiger partial charge on any atom is 0.259 e. The van der Waals surface area contributed by atoms with Gasteiger partial charge in [-0.15, -0.1) is 11.8 Å². The Hall–Kier alpha value is -2.31. The topological polar surface area (TPSA) is 68.0 Å². The fourth-order valence-corrected chi connectivity index (χ4v) is 2.89. The van der Waals surface area contributed by atoms with Crippen molar-refractivity contribution >= 4 is 35.0 Å². The molecule has 0 bridgehead atoms. The number of hydrogen-bond donors (Lipinski definition) is 1. The molecule has 2 aromatic carbocycles. The summed E-state index contributed by atoms with van der Waals surface area (Å²) in [6.07, 6.45) is 0. The van der Waals surface area contributed by atoms with Crippen molar-refractivity contribution in [2.45, 2.75) is 5.75 Å². The zero-order chi connectivity index (χ0) is 16.8. The summed E-state index contributed by atoms with van der Waals surface area (Å²) < 4.78 is 5.23. The van der Waals surface area contributed by atoms with Crippen LogP contribution in [-0.4, -0.2) is 21.8 Å². The van der Waals surface area contributed by atoms with Crippen molar-refractivity contribution in [2.24, 2.45) is 0 Å². The lowest BCUT2D eigenvalue weighted by Gasteiger charge is -2.03. The lowest BCUT2D eigenvalue weighted by Crippen LogP contribution is -2.14. The second-order valence-electron chi connectivity index (χ2n) is 4.90. The van der Waals surface area contributed by atoms with Crippen LogP contribution in [-0.2, 0) is 10.5 Å². The van der Waals surface area contributed by atoms with E-state index in [1.807, 2.05) is 48.5 Å². The summed E-state index contributed by atoms with van der Waals surface area (Å²) in [6.45, 7) is 0. The van der Waals surface area contributed by atoms with E-state index < -0.39 is 0 Å². The Bertz CT molecular complexity index is 823. The molecule has 1 aromatic heterocycles. The van der Waals surface area contributed by atoms with Gasteiger partial charge in [-0.1, -0.05) is 47.1 Å². The fourth-order valence-electron chi connectivity index (χ4n) is 2.01. The maximum atomic E-state index is 11.9. The second kappa shape index (κ2) is 7.99. The lowest BCUT2D eigenvalue weighted by atomic mass is 10.2. The lowest BCUT2D eigenvalue weighted by molar-refractivity contribution is -0.113. The molecule has 7 heteroatoms. The largest absolute Gasteiger partial charge is 0.334 e. The minimum absolute atomic E-state index is 0.0685. The molecule has 0 atom stereocenters. The normalized spacial score (nSPS) is 10.5. The molecule has 122 valence electrons. The number of amides is 1. The number of anilines is 1. The maximum absolute atomic E-state index is 11.9. The standard InChI is InChI=1S/C17H14ClN3O2S/c18-14-9-5-4-8-13(14)17-20-15(21-23-17)10-24-11-16(22)19-12-6-2-1-3-7-12/h1-9H,10-11H2,(H,19,22). The van der Waals surface area contributed by atoms with Gasteiger partial charge in [0.2, 0.25) is 5.91 Å². The third kappa shape index (κ3) is 4.37. The number of carbonyl (C=O) groups excluding carboxylic acids is 1. The molecule has 24 heavy (non-hydrogen) atoms. The smallest absolute Gasteiger partial charge is 0.259 e. The molecule has 1 N–H and O–H groups in total. The van der Waals surface area contributed by atoms with Gasteiger partial charge in [-0.3, -0.25) is 4.79 Å². The first-order valence-electron chi connectivity index (χ1n) is 7.22. The molecule has 0 unspecified atom stereocenters. The Morgan fingerprint density at radius 3 is 2.67 bits per heavy atom. The first-order valence-corrected chi connectivity index (χ1v) is 8.76. The highest BCUT2D eigenvalue weighted by Gasteiger charge is 2.12. The molecule has 0 aliphatic carbocycles. The first-order chi connectivity index (χ1) is 11.7. The Labute approximate surface area is 148 Å². The van der Waals surface area contributed by atoms with Gasteiger partial charge in [0.1, 0.15) is 0 Å². The van der Waals surface area contributed by atoms with Crippen LogP contribution in [0.1, 0.15) is 5.82 Å². The number of nitrogens with one attached hydrogen (secondary N) is 1. The van der Waals surface area contributed by atoms with E-state index in [9.17, 15) is 4.79 Å². The van der Waals surface area contributed by atoms with E-state index in [1.165, 1.54) is 11.8 Å². The third-order valence-corrected chi connectivity index (χ3v) is 4.35. The average molecular weight is 360 g/mol. The van der Waals surface area contributed by atoms with E-state index >= 15 is 0 Å². The summed E-state index contributed by atoms with van der Waals surface area (Å²) in [7, 11) is 0. The van der Waals surface area contributed by atoms with Crippen LogP contribution in [0.5, 0.6) is 0 Å². The number of nitrogens with zero attached hydrogens (tertiary/aromatic N) is 2. The minimum Gasteiger partial charge on any atom is -0.334 e. The highest BCUT2D eigenvalue weighted by atomic mass is 35.5. The summed E-state index contributed by atoms with van der Waals surface area (Å²) in [6, 6.07) is 16.6. The van der Waals surface area contributed by atoms with Crippen molar-refractivity contribution in [3.8, 4) is 11.5 Å². The number of rotatable bonds is 6. The number of hydrogen-bond acceptors (Lipinski definition) is 5. The molecule has 3 rings (SSSR count). The van der Waals surface area contributed by atoms with Crippen molar-refractivity contribution in [3.63, 3.8) is 0 Å². The highest BCUT2D eigenvalue weighted by Crippen LogP contribution is 2.26. The summed E-state index contributed by atoms with van der Waals surface area (Å²) in [5, 5.41) is 7.30. The Kier molecular flexibility index (Phi) is 5.51. The van der Waals surface area contributed by atoms with E-state index in [0.29, 0.717) is 33.8 Å². The van der Waals surface area contributed by atoms with Crippen LogP contribution in [0, 0.1) is 0 Å². The van der Waals surface area contributed by atoms with E-state index in [1.54, 1.807) is 6.07 Å². The van der Waals surface area contributed by atoms with Crippen LogP contribution in [0.25, 0.3) is 11.5 Å². The highest BCUT2D eigenvalue weighted by molar-refractivity contribution is 7.99. The van der Waals surface area contributed by atoms with E-state index in [-0.39, 0.29) is 5.91 Å². The summed E-state index contributed by atoms with van der Waals surface area (Å²) in [5.41, 5.74) is 1.48. The zero-order valence-corrected chi connectivity index (χ0v) is 14.2. The van der Waals surface area contributed by atoms with Crippen molar-refractivity contribution in [3.05, 3.63) is 65.4 Å². The molecule has 0 radical (unpaired) electrons. The summed E-state index contributed by atoms with van der Waals surface area (Å²) in [5.74, 6) is 1.63. The van der Waals surface area contributed by atoms with Gasteiger partial charge in [0.15, 0.2) is 5.82 Å². The molecule has 0 spiro atoms. The third-order valence-electron chi connectivity index (χ3n) is 3.09. The molecular formula is C17H14ClN3O2S. The Morgan fingerprint density at radius 1 is 1.12 bits per heavy atom. The molecule has 0 saturated heterocycles. The van der Waals surface area contributed by atoms with Gasteiger partial charge >= 0.3 is 0 Å². The Balaban J connectivity index is 1.51. The molecule has 0 aliphatic heterocycles. The van der Waals surface area contributed by atoms with Gasteiger partial charge in [-0.25, -0.2) is 0 Å². The molecule has 1 heterocycles. The van der Waals surface area contributed by atoms with Gasteiger partial charge in [-0.05, 0) is 24.3 Å². The zero-order valence-electron chi connectivity index (χ0n) is 12.6. The van der Waals surface area contributed by atoms with Gasteiger partial charge in [0.05, 0.1) is 22.1 Å². The van der Waals surface area contributed by atoms with Crippen LogP contribution in [0.15, 0.2) is 59.1 Å². The number of carbonyl (C=O) groups is 1. The van der Waals surface area contributed by atoms with E-state index in [2.05, 4.69) is 15.5 Å². The Morgan fingerprint density at radius 2 is 1.88 bits per heavy atom. The fraction of sp³-hybridized carbons (Fsp3) is 0.118. The number of para-hydroxylation sites is 1. The monoisotopic (exact) mass is 359 g/mol. The molecule has 0 aliphatic rings. The number of thioether (sulfide) groups is 1. The number of aromatic nitrogens is 2. The SMILES string of the molecule is O=C(CSCc1noc(-c2ccccc2Cl)n1)Nc1ccccc1. The molecule has 0 saturated carbocycles. The molecule has 3 aromatic rings. The van der Waals surface area contributed by atoms with E-state index in [4.69, 9.17) is 16.1 Å². The van der Waals surface area contributed by atoms with Gasteiger partial charge in [0, 0.05) is 5.69 Å². The van der Waals surface area contributed by atoms with Crippen LogP contribution in [0.3, 0.4) is 0 Å². The quantitative estimate of drug-likeness (QED) is 0.712. The summed E-state index contributed by atoms with van der Waals surface area (Å²) in [4.78, 5) is 16.2. The van der Waals surface area contributed by atoms with Crippen LogP contribution in [0.2, 0.25) is 5.02 Å². The van der Waals surface area contributed by atoms with Crippen LogP contribution in [0.4, 0.5) is 5.69 Å². The second-order valence-corrected chi connectivity index (χ2v) is 6.30. The van der Waals surface area contributed by atoms with Crippen molar-refractivity contribution in [2.75, 3.05) is 11.1 Å². The van der Waals surface area contributed by atoms with Gasteiger partial charge in [-0.2, -0.15) is 4.98 Å². The number of benzene rings is 2. The summed E-state index contributed by atoms with van der Waals surface area (Å²) >= 11 is 7.52.